The summed E-state index contributed by atoms with van der Waals surface area (Å²) in [4.78, 5) is 10.7. The second kappa shape index (κ2) is 4.43. The summed E-state index contributed by atoms with van der Waals surface area (Å²) in [5.41, 5.74) is 0.560. The largest absolute Gasteiger partial charge is 0.357 e. The van der Waals surface area contributed by atoms with Gasteiger partial charge in [0.1, 0.15) is 6.29 Å². The van der Waals surface area contributed by atoms with E-state index in [1.165, 1.54) is 12.2 Å². The van der Waals surface area contributed by atoms with Crippen molar-refractivity contribution in [2.45, 2.75) is 5.85 Å². The van der Waals surface area contributed by atoms with Gasteiger partial charge in [-0.3, -0.25) is 0 Å². The van der Waals surface area contributed by atoms with Gasteiger partial charge in [0.25, 0.3) is 0 Å². The summed E-state index contributed by atoms with van der Waals surface area (Å²) < 4.78 is 14.2. The van der Waals surface area contributed by atoms with Crippen molar-refractivity contribution in [2.75, 3.05) is 0 Å². The normalized spacial score (nSPS) is 27.7. The van der Waals surface area contributed by atoms with E-state index in [1.807, 2.05) is 0 Å². The number of rotatable bonds is 2. The highest BCUT2D eigenvalue weighted by atomic mass is 35.5. The van der Waals surface area contributed by atoms with Crippen molar-refractivity contribution in [2.24, 2.45) is 5.92 Å². The molecule has 0 aromatic heterocycles. The molecule has 0 saturated heterocycles. The predicted octanol–water partition coefficient (Wildman–Crippen LogP) is 2.77. The van der Waals surface area contributed by atoms with Gasteiger partial charge in [0.05, 0.1) is 5.92 Å². The van der Waals surface area contributed by atoms with Gasteiger partial charge in [0.2, 0.25) is 5.85 Å². The van der Waals surface area contributed by atoms with Gasteiger partial charge in [-0.05, 0) is 17.7 Å². The summed E-state index contributed by atoms with van der Waals surface area (Å²) in [5.74, 6) is -3.86. The molecule has 1 N–H and O–H groups in total. The van der Waals surface area contributed by atoms with Gasteiger partial charge in [-0.15, -0.1) is 0 Å². The first kappa shape index (κ1) is 12.0. The summed E-state index contributed by atoms with van der Waals surface area (Å²) in [6, 6.07) is 6.39. The third kappa shape index (κ3) is 2.16. The quantitative estimate of drug-likeness (QED) is 0.822. The zero-order valence-corrected chi connectivity index (χ0v) is 9.56. The van der Waals surface area contributed by atoms with Crippen LogP contribution in [0.5, 0.6) is 0 Å². The fourth-order valence-electron chi connectivity index (χ4n) is 1.76. The molecule has 2 rings (SSSR count). The predicted molar refractivity (Wildman–Crippen MR) is 64.2 cm³/mol. The maximum atomic E-state index is 14.2. The van der Waals surface area contributed by atoms with Crippen LogP contribution in [0.15, 0.2) is 42.5 Å². The van der Waals surface area contributed by atoms with E-state index in [0.29, 0.717) is 16.9 Å². The lowest BCUT2D eigenvalue weighted by atomic mass is 9.85. The number of hydrogen-bond donors (Lipinski definition) is 1. The molecule has 1 aliphatic rings. The monoisotopic (exact) mass is 252 g/mol. The highest BCUT2D eigenvalue weighted by Crippen LogP contribution is 2.37. The standard InChI is InChI=1S/C13H10ClFO2/c14-11-6-4-9(5-7-11)12-3-1-2-10(8-16)13(12,15)17/h1-8,10,17H. The van der Waals surface area contributed by atoms with Crippen molar-refractivity contribution in [3.8, 4) is 0 Å². The average Bonchev–Trinajstić information content (AvgIpc) is 2.30. The fraction of sp³-hybridized carbons (Fsp3) is 0.154. The molecule has 2 unspecified atom stereocenters. The van der Waals surface area contributed by atoms with Gasteiger partial charge in [-0.1, -0.05) is 42.0 Å². The van der Waals surface area contributed by atoms with Crippen LogP contribution >= 0.6 is 11.6 Å². The number of carbonyl (C=O) groups is 1. The molecule has 0 aliphatic heterocycles. The van der Waals surface area contributed by atoms with E-state index >= 15 is 0 Å². The number of benzene rings is 1. The van der Waals surface area contributed by atoms with E-state index in [4.69, 9.17) is 11.6 Å². The van der Waals surface area contributed by atoms with Crippen molar-refractivity contribution in [3.63, 3.8) is 0 Å². The summed E-state index contributed by atoms with van der Waals surface area (Å²) in [6.45, 7) is 0. The maximum Gasteiger partial charge on any atom is 0.246 e. The Labute approximate surface area is 103 Å². The molecule has 1 aromatic rings. The van der Waals surface area contributed by atoms with Crippen molar-refractivity contribution in [1.29, 1.82) is 0 Å². The number of allylic oxidation sites excluding steroid dienone is 2. The van der Waals surface area contributed by atoms with Crippen LogP contribution in [0.2, 0.25) is 5.02 Å². The van der Waals surface area contributed by atoms with Crippen molar-refractivity contribution in [3.05, 3.63) is 53.1 Å². The lowest BCUT2D eigenvalue weighted by molar-refractivity contribution is -0.123. The SMILES string of the molecule is O=CC1C=CC=C(c2ccc(Cl)cc2)C1(O)F. The minimum Gasteiger partial charge on any atom is -0.357 e. The molecule has 2 nitrogen and oxygen atoms in total. The maximum absolute atomic E-state index is 14.2. The molecular formula is C13H10ClFO2. The van der Waals surface area contributed by atoms with Crippen LogP contribution < -0.4 is 0 Å². The molecule has 88 valence electrons. The van der Waals surface area contributed by atoms with Crippen LogP contribution in [0.3, 0.4) is 0 Å². The van der Waals surface area contributed by atoms with E-state index in [0.717, 1.165) is 0 Å². The summed E-state index contributed by atoms with van der Waals surface area (Å²) in [7, 11) is 0. The van der Waals surface area contributed by atoms with E-state index in [2.05, 4.69) is 0 Å². The van der Waals surface area contributed by atoms with Gasteiger partial charge >= 0.3 is 0 Å². The number of aliphatic hydroxyl groups is 1. The minimum absolute atomic E-state index is 0.0637. The number of aldehydes is 1. The summed E-state index contributed by atoms with van der Waals surface area (Å²) in [6.07, 6.45) is 4.71. The van der Waals surface area contributed by atoms with Gasteiger partial charge in [-0.25, -0.2) is 4.39 Å². The fourth-order valence-corrected chi connectivity index (χ4v) is 1.89. The molecule has 0 bridgehead atoms. The first-order valence-electron chi connectivity index (χ1n) is 5.07. The molecule has 0 heterocycles. The molecule has 4 heteroatoms. The lowest BCUT2D eigenvalue weighted by Crippen LogP contribution is -2.35. The molecule has 1 aromatic carbocycles. The Morgan fingerprint density at radius 1 is 1.35 bits per heavy atom. The molecule has 2 atom stereocenters. The molecule has 0 fully saturated rings. The lowest BCUT2D eigenvalue weighted by Gasteiger charge is -2.28. The van der Waals surface area contributed by atoms with E-state index in [-0.39, 0.29) is 5.57 Å². The molecule has 17 heavy (non-hydrogen) atoms. The molecule has 0 spiro atoms. The molecule has 0 saturated carbocycles. The van der Waals surface area contributed by atoms with Crippen LogP contribution in [-0.2, 0) is 4.79 Å². The van der Waals surface area contributed by atoms with Crippen LogP contribution in [-0.4, -0.2) is 17.2 Å². The number of hydrogen-bond acceptors (Lipinski definition) is 2. The number of carbonyl (C=O) groups excluding carboxylic acids is 1. The first-order valence-corrected chi connectivity index (χ1v) is 5.45. The van der Waals surface area contributed by atoms with Crippen molar-refractivity contribution in [1.82, 2.24) is 0 Å². The highest BCUT2D eigenvalue weighted by molar-refractivity contribution is 6.30. The summed E-state index contributed by atoms with van der Waals surface area (Å²) >= 11 is 5.73. The zero-order chi connectivity index (χ0) is 12.5. The molecule has 1 aliphatic carbocycles. The minimum atomic E-state index is -2.68. The Bertz CT molecular complexity index is 489. The van der Waals surface area contributed by atoms with E-state index in [1.54, 1.807) is 30.3 Å². The Morgan fingerprint density at radius 3 is 2.59 bits per heavy atom. The molecule has 0 radical (unpaired) electrons. The van der Waals surface area contributed by atoms with Gasteiger partial charge in [-0.2, -0.15) is 0 Å². The summed E-state index contributed by atoms with van der Waals surface area (Å²) in [5, 5.41) is 10.3. The third-order valence-electron chi connectivity index (χ3n) is 2.70. The highest BCUT2D eigenvalue weighted by Gasteiger charge is 2.41. The van der Waals surface area contributed by atoms with E-state index < -0.39 is 11.8 Å². The van der Waals surface area contributed by atoms with Crippen molar-refractivity contribution >= 4 is 23.5 Å². The number of alkyl halides is 1. The average molecular weight is 253 g/mol. The number of halogens is 2. The Kier molecular flexibility index (Phi) is 3.13. The zero-order valence-electron chi connectivity index (χ0n) is 8.81. The van der Waals surface area contributed by atoms with Crippen LogP contribution in [0, 0.1) is 5.92 Å². The Morgan fingerprint density at radius 2 is 2.00 bits per heavy atom. The van der Waals surface area contributed by atoms with Gasteiger partial charge in [0, 0.05) is 10.6 Å². The molecule has 0 amide bonds. The van der Waals surface area contributed by atoms with Crippen LogP contribution in [0.1, 0.15) is 5.56 Å². The Hall–Kier alpha value is -1.45. The van der Waals surface area contributed by atoms with Crippen molar-refractivity contribution < 1.29 is 14.3 Å². The third-order valence-corrected chi connectivity index (χ3v) is 2.95. The second-order valence-corrected chi connectivity index (χ2v) is 4.24. The van der Waals surface area contributed by atoms with Crippen LogP contribution in [0.25, 0.3) is 5.57 Å². The Balaban J connectivity index is 2.44. The second-order valence-electron chi connectivity index (χ2n) is 3.81. The first-order chi connectivity index (χ1) is 8.05. The van der Waals surface area contributed by atoms with E-state index in [9.17, 15) is 14.3 Å². The smallest absolute Gasteiger partial charge is 0.246 e. The van der Waals surface area contributed by atoms with Crippen LogP contribution in [0.4, 0.5) is 4.39 Å². The molecular weight excluding hydrogens is 243 g/mol. The van der Waals surface area contributed by atoms with Gasteiger partial charge < -0.3 is 9.90 Å². The van der Waals surface area contributed by atoms with Gasteiger partial charge in [0.15, 0.2) is 0 Å². The topological polar surface area (TPSA) is 37.3 Å².